The maximum Gasteiger partial charge on any atom is 0.191 e. The van der Waals surface area contributed by atoms with Gasteiger partial charge in [-0.05, 0) is 36.2 Å². The third-order valence-electron chi connectivity index (χ3n) is 4.12. The van der Waals surface area contributed by atoms with E-state index in [1.165, 1.54) is 5.56 Å². The fraction of sp³-hybridized carbons (Fsp3) is 0.318. The highest BCUT2D eigenvalue weighted by molar-refractivity contribution is 5.79. The Hall–Kier alpha value is -3.33. The Morgan fingerprint density at radius 3 is 2.43 bits per heavy atom. The Balaban J connectivity index is 1.81. The van der Waals surface area contributed by atoms with Gasteiger partial charge in [-0.25, -0.2) is 0 Å². The lowest BCUT2D eigenvalue weighted by Crippen LogP contribution is -2.37. The average molecular weight is 381 g/mol. The molecule has 2 N–H and O–H groups in total. The molecule has 0 spiro atoms. The molecule has 6 nitrogen and oxygen atoms in total. The smallest absolute Gasteiger partial charge is 0.191 e. The van der Waals surface area contributed by atoms with E-state index in [1.807, 2.05) is 42.5 Å². The lowest BCUT2D eigenvalue weighted by atomic mass is 10.1. The zero-order valence-electron chi connectivity index (χ0n) is 16.6. The van der Waals surface area contributed by atoms with E-state index in [9.17, 15) is 0 Å². The minimum Gasteiger partial charge on any atom is -0.497 e. The molecule has 6 heteroatoms. The third-order valence-corrected chi connectivity index (χ3v) is 4.12. The fourth-order valence-electron chi connectivity index (χ4n) is 2.60. The molecule has 0 aliphatic heterocycles. The van der Waals surface area contributed by atoms with E-state index in [2.05, 4.69) is 21.5 Å². The van der Waals surface area contributed by atoms with Crippen molar-refractivity contribution >= 4 is 5.96 Å². The summed E-state index contributed by atoms with van der Waals surface area (Å²) in [6.07, 6.45) is 6.05. The first-order valence-electron chi connectivity index (χ1n) is 9.00. The number of terminal acetylenes is 1. The second-order valence-corrected chi connectivity index (χ2v) is 5.92. The number of nitrogens with one attached hydrogen (secondary N) is 2. The SMILES string of the molecule is C#CCOc1ccc(CCNC(=NC)NCc2ccc(OC)cc2OC)cc1. The Kier molecular flexibility index (Phi) is 8.54. The van der Waals surface area contributed by atoms with Gasteiger partial charge in [0.1, 0.15) is 23.9 Å². The molecule has 0 atom stereocenters. The van der Waals surface area contributed by atoms with Gasteiger partial charge in [0.25, 0.3) is 0 Å². The van der Waals surface area contributed by atoms with Crippen molar-refractivity contribution in [3.63, 3.8) is 0 Å². The first kappa shape index (κ1) is 21.0. The summed E-state index contributed by atoms with van der Waals surface area (Å²) >= 11 is 0. The van der Waals surface area contributed by atoms with E-state index in [-0.39, 0.29) is 6.61 Å². The van der Waals surface area contributed by atoms with Crippen LogP contribution in [0.4, 0.5) is 0 Å². The number of nitrogens with zero attached hydrogens (tertiary/aromatic N) is 1. The van der Waals surface area contributed by atoms with Crippen LogP contribution in [-0.4, -0.2) is 40.4 Å². The molecule has 28 heavy (non-hydrogen) atoms. The zero-order chi connectivity index (χ0) is 20.2. The molecule has 0 aliphatic rings. The number of hydrogen-bond donors (Lipinski definition) is 2. The van der Waals surface area contributed by atoms with Gasteiger partial charge in [0.05, 0.1) is 14.2 Å². The standard InChI is InChI=1S/C22H27N3O3/c1-5-14-28-19-9-6-17(7-10-19)12-13-24-22(23-2)25-16-18-8-11-20(26-3)15-21(18)27-4/h1,6-11,15H,12-14,16H2,2-4H3,(H2,23,24,25). The molecule has 0 unspecified atom stereocenters. The van der Waals surface area contributed by atoms with Crippen molar-refractivity contribution in [3.8, 4) is 29.6 Å². The van der Waals surface area contributed by atoms with Crippen LogP contribution in [0.25, 0.3) is 0 Å². The molecule has 0 aliphatic carbocycles. The maximum atomic E-state index is 5.43. The molecule has 0 radical (unpaired) electrons. The van der Waals surface area contributed by atoms with Gasteiger partial charge >= 0.3 is 0 Å². The number of ether oxygens (including phenoxy) is 3. The van der Waals surface area contributed by atoms with Crippen LogP contribution in [0.1, 0.15) is 11.1 Å². The summed E-state index contributed by atoms with van der Waals surface area (Å²) in [7, 11) is 5.03. The molecule has 2 aromatic carbocycles. The monoisotopic (exact) mass is 381 g/mol. The number of methoxy groups -OCH3 is 2. The molecule has 2 aromatic rings. The third kappa shape index (κ3) is 6.44. The molecular formula is C22H27N3O3. The van der Waals surface area contributed by atoms with Crippen LogP contribution >= 0.6 is 0 Å². The van der Waals surface area contributed by atoms with E-state index < -0.39 is 0 Å². The van der Waals surface area contributed by atoms with Gasteiger partial charge < -0.3 is 24.8 Å². The van der Waals surface area contributed by atoms with Gasteiger partial charge in [-0.1, -0.05) is 18.1 Å². The Morgan fingerprint density at radius 2 is 1.79 bits per heavy atom. The minimum absolute atomic E-state index is 0.280. The van der Waals surface area contributed by atoms with Crippen molar-refractivity contribution in [2.24, 2.45) is 4.99 Å². The van der Waals surface area contributed by atoms with Crippen LogP contribution in [0.5, 0.6) is 17.2 Å². The molecule has 2 rings (SSSR count). The lowest BCUT2D eigenvalue weighted by molar-refractivity contribution is 0.370. The van der Waals surface area contributed by atoms with Gasteiger partial charge in [-0.15, -0.1) is 6.42 Å². The second kappa shape index (κ2) is 11.4. The average Bonchev–Trinajstić information content (AvgIpc) is 2.75. The van der Waals surface area contributed by atoms with Crippen LogP contribution in [0.3, 0.4) is 0 Å². The van der Waals surface area contributed by atoms with Gasteiger partial charge in [-0.3, -0.25) is 4.99 Å². The highest BCUT2D eigenvalue weighted by Crippen LogP contribution is 2.24. The fourth-order valence-corrected chi connectivity index (χ4v) is 2.60. The summed E-state index contributed by atoms with van der Waals surface area (Å²) in [5.74, 6) is 5.50. The number of hydrogen-bond acceptors (Lipinski definition) is 4. The Bertz CT molecular complexity index is 811. The predicted octanol–water partition coefficient (Wildman–Crippen LogP) is 2.62. The summed E-state index contributed by atoms with van der Waals surface area (Å²) < 4.78 is 16.0. The van der Waals surface area contributed by atoms with Crippen molar-refractivity contribution < 1.29 is 14.2 Å². The number of aliphatic imine (C=N–C) groups is 1. The number of guanidine groups is 1. The number of benzene rings is 2. The summed E-state index contributed by atoms with van der Waals surface area (Å²) in [4.78, 5) is 4.26. The highest BCUT2D eigenvalue weighted by Gasteiger charge is 2.06. The van der Waals surface area contributed by atoms with Gasteiger partial charge in [0, 0.05) is 31.8 Å². The molecule has 0 fully saturated rings. The van der Waals surface area contributed by atoms with Crippen LogP contribution in [0.2, 0.25) is 0 Å². The summed E-state index contributed by atoms with van der Waals surface area (Å²) in [5, 5.41) is 6.61. The zero-order valence-corrected chi connectivity index (χ0v) is 16.6. The van der Waals surface area contributed by atoms with Crippen molar-refractivity contribution in [1.29, 1.82) is 0 Å². The molecular weight excluding hydrogens is 354 g/mol. The Labute approximate surface area is 166 Å². The van der Waals surface area contributed by atoms with E-state index in [1.54, 1.807) is 21.3 Å². The summed E-state index contributed by atoms with van der Waals surface area (Å²) in [5.41, 5.74) is 2.22. The van der Waals surface area contributed by atoms with Crippen LogP contribution in [-0.2, 0) is 13.0 Å². The maximum absolute atomic E-state index is 5.43. The molecule has 148 valence electrons. The van der Waals surface area contributed by atoms with Crippen LogP contribution in [0, 0.1) is 12.3 Å². The molecule has 0 saturated carbocycles. The first-order valence-corrected chi connectivity index (χ1v) is 9.00. The molecule has 0 heterocycles. The molecule has 0 saturated heterocycles. The normalized spacial score (nSPS) is 10.7. The largest absolute Gasteiger partial charge is 0.497 e. The van der Waals surface area contributed by atoms with Gasteiger partial charge in [-0.2, -0.15) is 0 Å². The van der Waals surface area contributed by atoms with Crippen molar-refractivity contribution in [2.75, 3.05) is 34.4 Å². The lowest BCUT2D eigenvalue weighted by Gasteiger charge is -2.14. The van der Waals surface area contributed by atoms with Crippen LogP contribution in [0.15, 0.2) is 47.5 Å². The van der Waals surface area contributed by atoms with Crippen molar-refractivity contribution in [1.82, 2.24) is 10.6 Å². The number of rotatable bonds is 9. The molecule has 0 aromatic heterocycles. The second-order valence-electron chi connectivity index (χ2n) is 5.92. The highest BCUT2D eigenvalue weighted by atomic mass is 16.5. The molecule has 0 bridgehead atoms. The summed E-state index contributed by atoms with van der Waals surface area (Å²) in [6, 6.07) is 13.7. The topological polar surface area (TPSA) is 64.1 Å². The molecule has 0 amide bonds. The quantitative estimate of drug-likeness (QED) is 0.397. The summed E-state index contributed by atoms with van der Waals surface area (Å²) in [6.45, 7) is 1.62. The van der Waals surface area contributed by atoms with E-state index in [0.29, 0.717) is 6.54 Å². The van der Waals surface area contributed by atoms with E-state index >= 15 is 0 Å². The minimum atomic E-state index is 0.280. The first-order chi connectivity index (χ1) is 13.7. The van der Waals surface area contributed by atoms with Crippen molar-refractivity contribution in [3.05, 3.63) is 53.6 Å². The van der Waals surface area contributed by atoms with Gasteiger partial charge in [0.15, 0.2) is 5.96 Å². The van der Waals surface area contributed by atoms with E-state index in [0.717, 1.165) is 41.7 Å². The predicted molar refractivity (Wildman–Crippen MR) is 112 cm³/mol. The van der Waals surface area contributed by atoms with Crippen molar-refractivity contribution in [2.45, 2.75) is 13.0 Å². The Morgan fingerprint density at radius 1 is 1.04 bits per heavy atom. The van der Waals surface area contributed by atoms with E-state index in [4.69, 9.17) is 20.6 Å². The van der Waals surface area contributed by atoms with Gasteiger partial charge in [0.2, 0.25) is 0 Å². The van der Waals surface area contributed by atoms with Crippen LogP contribution < -0.4 is 24.8 Å².